The Bertz CT molecular complexity index is 3300. The number of benzene rings is 1. The summed E-state index contributed by atoms with van der Waals surface area (Å²) in [5, 5.41) is 222. The Kier molecular flexibility index (Phi) is 37.5. The third-order valence-corrected chi connectivity index (χ3v) is 15.0. The van der Waals surface area contributed by atoms with Gasteiger partial charge in [0.2, 0.25) is 41.4 Å². The topological polar surface area (TPSA) is 773 Å². The molecule has 8 amide bonds. The lowest BCUT2D eigenvalue weighted by Crippen LogP contribution is -2.67. The van der Waals surface area contributed by atoms with Crippen LogP contribution in [0.15, 0.2) is 35.5 Å². The van der Waals surface area contributed by atoms with Gasteiger partial charge in [-0.15, -0.1) is 0 Å². The molecule has 0 aliphatic rings. The Labute approximate surface area is 586 Å². The first-order chi connectivity index (χ1) is 48.1. The molecule has 2 aromatic rings. The molecule has 2 rings (SSSR count). The summed E-state index contributed by atoms with van der Waals surface area (Å²) in [5.41, 5.74) is 1.21. The van der Waals surface area contributed by atoms with E-state index in [1.165, 1.54) is 37.4 Å². The summed E-state index contributed by atoms with van der Waals surface area (Å²) in [6.45, 7) is -1.02. The van der Waals surface area contributed by atoms with E-state index in [9.17, 15) is 164 Å². The number of hydrogen-bond donors (Lipinski definition) is 30. The number of rotatable bonds is 46. The van der Waals surface area contributed by atoms with Gasteiger partial charge < -0.3 is 150 Å². The molecule has 29 N–H and O–H groups in total. The van der Waals surface area contributed by atoms with Crippen molar-refractivity contribution in [2.45, 2.75) is 175 Å². The third-order valence-electron chi connectivity index (χ3n) is 14.6. The van der Waals surface area contributed by atoms with Crippen LogP contribution in [0, 0.1) is 0 Å². The van der Waals surface area contributed by atoms with Crippen molar-refractivity contribution in [2.75, 3.05) is 37.5 Å². The number of aliphatic imine (C=N–C) groups is 1. The molecule has 45 nitrogen and oxygen atoms in total. The van der Waals surface area contributed by atoms with E-state index >= 15 is 0 Å². The highest BCUT2D eigenvalue weighted by Gasteiger charge is 2.46. The van der Waals surface area contributed by atoms with Crippen LogP contribution in [0.4, 0.5) is 11.5 Å². The van der Waals surface area contributed by atoms with Crippen LogP contribution in [-0.2, 0) is 59.3 Å². The minimum atomic E-state index is -3.09. The van der Waals surface area contributed by atoms with Crippen LogP contribution in [-0.4, -0.2) is 348 Å². The number of carboxylic acids is 4. The summed E-state index contributed by atoms with van der Waals surface area (Å²) in [6.07, 6.45) is -36.3. The van der Waals surface area contributed by atoms with E-state index in [0.29, 0.717) is 17.1 Å². The summed E-state index contributed by atoms with van der Waals surface area (Å²) in [4.78, 5) is 184. The van der Waals surface area contributed by atoms with E-state index in [2.05, 4.69) is 38.2 Å². The Morgan fingerprint density at radius 3 is 1.16 bits per heavy atom. The number of carbonyl (C=O) groups is 13. The maximum atomic E-state index is 14.4. The summed E-state index contributed by atoms with van der Waals surface area (Å²) < 4.78 is 0. The average molecular weight is 1500 g/mol. The Morgan fingerprint density at radius 2 is 0.816 bits per heavy atom. The van der Waals surface area contributed by atoms with Gasteiger partial charge in [-0.25, -0.2) is 24.5 Å². The second kappa shape index (κ2) is 43.0. The highest BCUT2D eigenvalue weighted by Crippen LogP contribution is 2.19. The molecule has 0 aliphatic carbocycles. The van der Waals surface area contributed by atoms with Crippen LogP contribution >= 0.6 is 12.6 Å². The molecule has 1 aromatic carbocycles. The number of ketones is 1. The van der Waals surface area contributed by atoms with Gasteiger partial charge >= 0.3 is 23.9 Å². The molecule has 103 heavy (non-hydrogen) atoms. The van der Waals surface area contributed by atoms with Crippen LogP contribution in [0.3, 0.4) is 0 Å². The molecule has 1 aromatic heterocycles. The van der Waals surface area contributed by atoms with Crippen molar-refractivity contribution in [3.8, 4) is 0 Å². The molecule has 46 heteroatoms. The number of nitrogens with one attached hydrogen (secondary N) is 9. The zero-order valence-electron chi connectivity index (χ0n) is 54.5. The molecule has 0 saturated carbocycles. The van der Waals surface area contributed by atoms with Crippen molar-refractivity contribution in [3.63, 3.8) is 0 Å². The van der Waals surface area contributed by atoms with Gasteiger partial charge in [0.1, 0.15) is 122 Å². The molecular weight excluding hydrogens is 1410 g/mol. The van der Waals surface area contributed by atoms with Gasteiger partial charge in [-0.05, 0) is 44.5 Å². The standard InChI is InChI=1S/C57H84N12O33S/c1-19(2)60-48-35(20(3)74)61-23(13-59-48)12-58-22-6-4-21(5-7-22)49(92)62-24(56(99)100)8-9-32(79)66-36(44(88)40(84)28(75)14-70)52(95)63-25(10-33(80)81)51(94)68-39(47(91)43(87)31(78)17-73)55(98)69-38(46(90)42(86)30(77)16-72)53(96)64-26(11-34(82)83)50(93)67-37(45(89)41(85)29(76)15-71)54(97)65-27(18-103)57(101)102/h4-7,13,24-31,36-47,58,70-73,75-78,84-91,103H,8-12,14-18H2,1-3H3,(H,62,92)(H,63,95)(H,64,96)(H,65,97)(H,66,79)(H,67,93)(H,68,94)(H,69,98)(H,80,81)(H,82,83)(H,99,100)(H,101,102)/t24-,25-,26-,27-,28+,29+,30+,31+,36?,37-,38-,39?,40+,41+,42+,43+,44?,45+,46+,47?/m0/s1. The normalized spacial score (nSPS) is 17.2. The minimum absolute atomic E-state index is 0.00955. The van der Waals surface area contributed by atoms with Gasteiger partial charge in [-0.3, -0.25) is 52.7 Å². The number of Topliss-reactive ketones (excluding diaryl/α,β-unsaturated/α-hetero) is 1. The van der Waals surface area contributed by atoms with Crippen LogP contribution in [0.2, 0.25) is 0 Å². The number of aromatic nitrogens is 2. The number of hydrogen-bond acceptors (Lipinski definition) is 34. The number of nitrogens with zero attached hydrogens (tertiary/aromatic N) is 3. The first-order valence-corrected chi connectivity index (χ1v) is 31.0. The van der Waals surface area contributed by atoms with Crippen molar-refractivity contribution in [3.05, 3.63) is 47.4 Å². The van der Waals surface area contributed by atoms with Gasteiger partial charge in [-0.1, -0.05) is 0 Å². The van der Waals surface area contributed by atoms with Crippen molar-refractivity contribution in [2.24, 2.45) is 4.99 Å². The molecule has 0 bridgehead atoms. The Hall–Kier alpha value is -9.21. The van der Waals surface area contributed by atoms with Crippen molar-refractivity contribution in [1.82, 2.24) is 52.5 Å². The van der Waals surface area contributed by atoms with Gasteiger partial charge in [0.05, 0.1) is 57.7 Å². The molecular formula is C57H84N12O33S. The van der Waals surface area contributed by atoms with E-state index in [-0.39, 0.29) is 23.6 Å². The second-order valence-corrected chi connectivity index (χ2v) is 23.2. The first-order valence-electron chi connectivity index (χ1n) is 30.4. The first kappa shape index (κ1) is 89.9. The number of aliphatic hydroxyl groups excluding tert-OH is 16. The SMILES string of the molecule is CC(=O)c1nc(CNc2ccc(C(=O)N[C@@H](CCC(=O)NC(C(=O)N[C@@H](CC(=O)O)C(=O)NC(C(=O)N[C@H](C(=O)N[C@@H](CC(=O)O)C(=O)N[C@H](C(=O)N[C@@H](CS)C(=O)O)[C@@H](O)[C@H](O)[C@H](O)CO)[C@@H](O)[C@H](O)[C@H](O)CO)C(O)[C@H](O)[C@H](O)CO)C(O)[C@H](O)[C@H](O)CO)C(=O)O)cc2)cnc1N=C(C)C. The number of aliphatic carboxylic acids is 4. The summed E-state index contributed by atoms with van der Waals surface area (Å²) in [5.74, 6) is -23.1. The minimum Gasteiger partial charge on any atom is -0.481 e. The van der Waals surface area contributed by atoms with Crippen LogP contribution < -0.4 is 47.9 Å². The van der Waals surface area contributed by atoms with E-state index < -0.39 is 256 Å². The molecule has 0 radical (unpaired) electrons. The Morgan fingerprint density at radius 1 is 0.456 bits per heavy atom. The number of amides is 8. The lowest BCUT2D eigenvalue weighted by Gasteiger charge is -2.34. The predicted molar refractivity (Wildman–Crippen MR) is 342 cm³/mol. The van der Waals surface area contributed by atoms with Crippen LogP contribution in [0.25, 0.3) is 0 Å². The van der Waals surface area contributed by atoms with E-state index in [0.717, 1.165) is 0 Å². The zero-order valence-corrected chi connectivity index (χ0v) is 55.4. The monoisotopic (exact) mass is 1500 g/mol. The van der Waals surface area contributed by atoms with Gasteiger partial charge in [-0.2, -0.15) is 12.6 Å². The summed E-state index contributed by atoms with van der Waals surface area (Å²) >= 11 is 3.73. The summed E-state index contributed by atoms with van der Waals surface area (Å²) in [7, 11) is 0. The van der Waals surface area contributed by atoms with Crippen LogP contribution in [0.5, 0.6) is 0 Å². The smallest absolute Gasteiger partial charge is 0.327 e. The van der Waals surface area contributed by atoms with Gasteiger partial charge in [0.25, 0.3) is 5.91 Å². The number of carboxylic acid groups (broad SMARTS) is 4. The maximum absolute atomic E-state index is 14.4. The number of thiol groups is 1. The van der Waals surface area contributed by atoms with Crippen molar-refractivity contribution in [1.29, 1.82) is 0 Å². The molecule has 0 spiro atoms. The highest BCUT2D eigenvalue weighted by atomic mass is 32.1. The fourth-order valence-electron chi connectivity index (χ4n) is 8.83. The predicted octanol–water partition coefficient (Wildman–Crippen LogP) is -14.0. The lowest BCUT2D eigenvalue weighted by molar-refractivity contribution is -0.149. The quantitative estimate of drug-likeness (QED) is 0.0166. The number of carbonyl (C=O) groups excluding carboxylic acids is 9. The largest absolute Gasteiger partial charge is 0.481 e. The third kappa shape index (κ3) is 27.8. The molecule has 4 unspecified atom stereocenters. The Balaban J connectivity index is 2.62. The molecule has 0 saturated heterocycles. The van der Waals surface area contributed by atoms with E-state index in [1.807, 2.05) is 5.32 Å². The molecule has 0 fully saturated rings. The summed E-state index contributed by atoms with van der Waals surface area (Å²) in [6, 6.07) is -15.6. The molecule has 576 valence electrons. The zero-order chi connectivity index (χ0) is 78.6. The second-order valence-electron chi connectivity index (χ2n) is 22.8. The fourth-order valence-corrected chi connectivity index (χ4v) is 9.08. The lowest BCUT2D eigenvalue weighted by atomic mass is 9.96. The number of aliphatic hydroxyl groups is 16. The van der Waals surface area contributed by atoms with Gasteiger partial charge in [0.15, 0.2) is 17.3 Å². The molecule has 1 heterocycles. The highest BCUT2D eigenvalue weighted by molar-refractivity contribution is 7.80. The number of anilines is 1. The van der Waals surface area contributed by atoms with E-state index in [4.69, 9.17) is 0 Å². The molecule has 20 atom stereocenters. The fraction of sp³-hybridized carbons (Fsp3) is 0.579. The van der Waals surface area contributed by atoms with Crippen molar-refractivity contribution >= 4 is 107 Å². The van der Waals surface area contributed by atoms with E-state index in [1.54, 1.807) is 45.7 Å². The van der Waals surface area contributed by atoms with Crippen LogP contribution in [0.1, 0.15) is 73.0 Å². The van der Waals surface area contributed by atoms with Gasteiger partial charge in [0, 0.05) is 36.1 Å². The maximum Gasteiger partial charge on any atom is 0.327 e. The average Bonchev–Trinajstić information content (AvgIpc) is 0.830. The molecule has 0 aliphatic heterocycles. The van der Waals surface area contributed by atoms with Crippen molar-refractivity contribution < 1.29 is 164 Å².